The zero-order valence-corrected chi connectivity index (χ0v) is 13.7. The molecule has 0 aliphatic heterocycles. The summed E-state index contributed by atoms with van der Waals surface area (Å²) in [4.78, 5) is 24.8. The number of thiophene rings is 1. The van der Waals surface area contributed by atoms with Crippen LogP contribution < -0.4 is 4.72 Å². The van der Waals surface area contributed by atoms with E-state index < -0.39 is 21.8 Å². The van der Waals surface area contributed by atoms with Crippen LogP contribution in [0.2, 0.25) is 0 Å². The minimum atomic E-state index is -3.60. The van der Waals surface area contributed by atoms with E-state index in [0.717, 1.165) is 6.26 Å². The van der Waals surface area contributed by atoms with E-state index in [9.17, 15) is 18.0 Å². The first-order valence-electron chi connectivity index (χ1n) is 6.48. The van der Waals surface area contributed by atoms with Crippen LogP contribution in [0, 0.1) is 0 Å². The summed E-state index contributed by atoms with van der Waals surface area (Å²) in [7, 11) is -3.60. The molecule has 5 nitrogen and oxygen atoms in total. The maximum Gasteiger partial charge on any atom is 0.240 e. The van der Waals surface area contributed by atoms with Crippen molar-refractivity contribution in [2.24, 2.45) is 0 Å². The number of sulfonamides is 1. The number of rotatable bonds is 5. The van der Waals surface area contributed by atoms with Crippen LogP contribution in [-0.2, 0) is 14.8 Å². The standard InChI is InChI=1S/C15H15NO4S2/c1-10(15(18)16-22(2,19)20)11-5-3-6-12(9-11)14(17)13-7-4-8-21-13/h3-10H,1-2H3,(H,16,18). The third kappa shape index (κ3) is 4.02. The first-order chi connectivity index (χ1) is 10.3. The van der Waals surface area contributed by atoms with Crippen LogP contribution >= 0.6 is 11.3 Å². The Balaban J connectivity index is 2.25. The summed E-state index contributed by atoms with van der Waals surface area (Å²) in [5.74, 6) is -1.42. The van der Waals surface area contributed by atoms with Crippen molar-refractivity contribution in [1.82, 2.24) is 4.72 Å². The van der Waals surface area contributed by atoms with Gasteiger partial charge in [-0.25, -0.2) is 8.42 Å². The zero-order chi connectivity index (χ0) is 16.3. The molecule has 0 saturated carbocycles. The minimum absolute atomic E-state index is 0.118. The summed E-state index contributed by atoms with van der Waals surface area (Å²) in [5, 5.41) is 1.82. The third-order valence-corrected chi connectivity index (χ3v) is 4.51. The van der Waals surface area contributed by atoms with Gasteiger partial charge in [0.05, 0.1) is 17.1 Å². The number of ketones is 1. The summed E-state index contributed by atoms with van der Waals surface area (Å²) < 4.78 is 24.2. The SMILES string of the molecule is CC(C(=O)NS(C)(=O)=O)c1cccc(C(=O)c2cccs2)c1. The molecule has 0 spiro atoms. The Morgan fingerprint density at radius 3 is 2.50 bits per heavy atom. The number of hydrogen-bond acceptors (Lipinski definition) is 5. The van der Waals surface area contributed by atoms with Gasteiger partial charge in [-0.2, -0.15) is 0 Å². The fourth-order valence-corrected chi connectivity index (χ4v) is 3.15. The zero-order valence-electron chi connectivity index (χ0n) is 12.1. The van der Waals surface area contributed by atoms with Crippen molar-refractivity contribution in [3.63, 3.8) is 0 Å². The summed E-state index contributed by atoms with van der Waals surface area (Å²) in [6.07, 6.45) is 0.925. The lowest BCUT2D eigenvalue weighted by Crippen LogP contribution is -2.32. The van der Waals surface area contributed by atoms with Crippen molar-refractivity contribution in [2.45, 2.75) is 12.8 Å². The van der Waals surface area contributed by atoms with Crippen molar-refractivity contribution in [2.75, 3.05) is 6.26 Å². The molecule has 0 fully saturated rings. The maximum atomic E-state index is 12.3. The van der Waals surface area contributed by atoms with Gasteiger partial charge in [-0.3, -0.25) is 14.3 Å². The molecule has 0 radical (unpaired) electrons. The average molecular weight is 337 g/mol. The van der Waals surface area contributed by atoms with Crippen molar-refractivity contribution in [3.8, 4) is 0 Å². The first-order valence-corrected chi connectivity index (χ1v) is 9.25. The van der Waals surface area contributed by atoms with Gasteiger partial charge in [0.25, 0.3) is 0 Å². The molecule has 0 aliphatic carbocycles. The molecule has 2 aromatic rings. The Labute approximate surface area is 133 Å². The topological polar surface area (TPSA) is 80.3 Å². The Bertz CT molecular complexity index is 795. The molecule has 1 atom stereocenters. The lowest BCUT2D eigenvalue weighted by molar-refractivity contribution is -0.120. The quantitative estimate of drug-likeness (QED) is 0.848. The lowest BCUT2D eigenvalue weighted by atomic mass is 9.97. The Kier molecular flexibility index (Phi) is 4.77. The van der Waals surface area contributed by atoms with Crippen LogP contribution in [0.25, 0.3) is 0 Å². The van der Waals surface area contributed by atoms with E-state index in [-0.39, 0.29) is 5.78 Å². The number of benzene rings is 1. The number of hydrogen-bond donors (Lipinski definition) is 1. The normalized spacial score (nSPS) is 12.6. The predicted molar refractivity (Wildman–Crippen MR) is 85.6 cm³/mol. The third-order valence-electron chi connectivity index (χ3n) is 3.07. The van der Waals surface area contributed by atoms with Crippen LogP contribution in [0.15, 0.2) is 41.8 Å². The lowest BCUT2D eigenvalue weighted by Gasteiger charge is -2.12. The highest BCUT2D eigenvalue weighted by molar-refractivity contribution is 7.89. The van der Waals surface area contributed by atoms with Crippen LogP contribution in [0.4, 0.5) is 0 Å². The smallest absolute Gasteiger partial charge is 0.240 e. The maximum absolute atomic E-state index is 12.3. The Hall–Kier alpha value is -1.99. The predicted octanol–water partition coefficient (Wildman–Crippen LogP) is 2.16. The van der Waals surface area contributed by atoms with Gasteiger partial charge in [-0.15, -0.1) is 11.3 Å². The van der Waals surface area contributed by atoms with Crippen LogP contribution in [0.1, 0.15) is 33.6 Å². The van der Waals surface area contributed by atoms with Crippen molar-refractivity contribution < 1.29 is 18.0 Å². The van der Waals surface area contributed by atoms with Crippen molar-refractivity contribution in [1.29, 1.82) is 0 Å². The molecule has 2 rings (SSSR count). The van der Waals surface area contributed by atoms with Gasteiger partial charge in [-0.05, 0) is 30.0 Å². The van der Waals surface area contributed by atoms with Gasteiger partial charge in [0.2, 0.25) is 21.7 Å². The summed E-state index contributed by atoms with van der Waals surface area (Å²) in [6.45, 7) is 1.59. The summed E-state index contributed by atoms with van der Waals surface area (Å²) in [5.41, 5.74) is 1.06. The monoisotopic (exact) mass is 337 g/mol. The van der Waals surface area contributed by atoms with E-state index in [1.54, 1.807) is 43.3 Å². The molecule has 1 N–H and O–H groups in total. The first kappa shape index (κ1) is 16.4. The molecule has 7 heteroatoms. The van der Waals surface area contributed by atoms with Gasteiger partial charge >= 0.3 is 0 Å². The van der Waals surface area contributed by atoms with Crippen molar-refractivity contribution >= 4 is 33.1 Å². The molecule has 1 aromatic heterocycles. The van der Waals surface area contributed by atoms with Crippen LogP contribution in [-0.4, -0.2) is 26.4 Å². The second-order valence-corrected chi connectivity index (χ2v) is 7.59. The highest BCUT2D eigenvalue weighted by Crippen LogP contribution is 2.20. The van der Waals surface area contributed by atoms with Gasteiger partial charge in [0.1, 0.15) is 0 Å². The van der Waals surface area contributed by atoms with Crippen LogP contribution in [0.5, 0.6) is 0 Å². The summed E-state index contributed by atoms with van der Waals surface area (Å²) >= 11 is 1.35. The minimum Gasteiger partial charge on any atom is -0.288 e. The molecule has 1 heterocycles. The highest BCUT2D eigenvalue weighted by Gasteiger charge is 2.20. The number of amides is 1. The molecule has 1 amide bonds. The molecule has 1 unspecified atom stereocenters. The van der Waals surface area contributed by atoms with E-state index in [4.69, 9.17) is 0 Å². The highest BCUT2D eigenvalue weighted by atomic mass is 32.2. The Morgan fingerprint density at radius 2 is 1.91 bits per heavy atom. The molecule has 0 bridgehead atoms. The van der Waals surface area contributed by atoms with Crippen LogP contribution in [0.3, 0.4) is 0 Å². The van der Waals surface area contributed by atoms with Gasteiger partial charge in [0.15, 0.2) is 0 Å². The Morgan fingerprint density at radius 1 is 1.18 bits per heavy atom. The fourth-order valence-electron chi connectivity index (χ4n) is 1.92. The largest absolute Gasteiger partial charge is 0.288 e. The summed E-state index contributed by atoms with van der Waals surface area (Å²) in [6, 6.07) is 10.2. The van der Waals surface area contributed by atoms with E-state index >= 15 is 0 Å². The van der Waals surface area contributed by atoms with Gasteiger partial charge in [0, 0.05) is 5.56 Å². The molecular formula is C15H15NO4S2. The van der Waals surface area contributed by atoms with E-state index in [2.05, 4.69) is 0 Å². The van der Waals surface area contributed by atoms with Gasteiger partial charge in [-0.1, -0.05) is 24.3 Å². The molecule has 0 saturated heterocycles. The second-order valence-electron chi connectivity index (χ2n) is 4.89. The number of nitrogens with one attached hydrogen (secondary N) is 1. The van der Waals surface area contributed by atoms with Gasteiger partial charge < -0.3 is 0 Å². The van der Waals surface area contributed by atoms with E-state index in [1.807, 2.05) is 10.1 Å². The van der Waals surface area contributed by atoms with E-state index in [0.29, 0.717) is 16.0 Å². The molecule has 0 aliphatic rings. The molecule has 116 valence electrons. The number of carbonyl (C=O) groups excluding carboxylic acids is 2. The molecule has 1 aromatic carbocycles. The van der Waals surface area contributed by atoms with E-state index in [1.165, 1.54) is 11.3 Å². The molecule has 22 heavy (non-hydrogen) atoms. The van der Waals surface area contributed by atoms with Crippen molar-refractivity contribution in [3.05, 3.63) is 57.8 Å². The molecular weight excluding hydrogens is 322 g/mol. The average Bonchev–Trinajstić information content (AvgIpc) is 2.98. The number of carbonyl (C=O) groups is 2. The second kappa shape index (κ2) is 6.41. The fraction of sp³-hybridized carbons (Fsp3) is 0.200.